The van der Waals surface area contributed by atoms with Crippen molar-refractivity contribution < 1.29 is 29.2 Å². The summed E-state index contributed by atoms with van der Waals surface area (Å²) in [7, 11) is 0. The SMILES string of the molecule is CC(C)O[NH+]([O-])[I-]P. The van der Waals surface area contributed by atoms with Crippen LogP contribution in [0.1, 0.15) is 13.8 Å². The number of hydrogen-bond acceptors (Lipinski definition) is 2. The van der Waals surface area contributed by atoms with Crippen molar-refractivity contribution in [1.29, 1.82) is 0 Å². The van der Waals surface area contributed by atoms with Crippen LogP contribution in [0.5, 0.6) is 0 Å². The molecule has 2 atom stereocenters. The summed E-state index contributed by atoms with van der Waals surface area (Å²) in [6, 6.07) is 0. The van der Waals surface area contributed by atoms with Gasteiger partial charge in [-0.05, 0) is 0 Å². The molecule has 1 N–H and O–H groups in total. The van der Waals surface area contributed by atoms with Crippen LogP contribution in [-0.2, 0) is 4.84 Å². The third-order valence-electron chi connectivity index (χ3n) is 0.417. The Morgan fingerprint density at radius 2 is 2.25 bits per heavy atom. The fraction of sp³-hybridized carbons (Fsp3) is 1.00. The summed E-state index contributed by atoms with van der Waals surface area (Å²) in [5, 5.41) is 10.4. The minimum atomic E-state index is -0.433. The van der Waals surface area contributed by atoms with Gasteiger partial charge in [-0.15, -0.1) is 0 Å². The number of hydrogen-bond donors (Lipinski definition) is 1. The summed E-state index contributed by atoms with van der Waals surface area (Å²) in [5.74, 6) is 0. The zero-order valence-corrected chi connectivity index (χ0v) is 8.16. The Hall–Kier alpha value is 1.04. The molecule has 0 amide bonds. The number of rotatable bonds is 3. The van der Waals surface area contributed by atoms with Crippen LogP contribution in [0.25, 0.3) is 0 Å². The van der Waals surface area contributed by atoms with E-state index in [0.717, 1.165) is 0 Å². The van der Waals surface area contributed by atoms with Gasteiger partial charge in [0.25, 0.3) is 0 Å². The molecule has 0 saturated carbocycles. The molecular weight excluding hydrogens is 240 g/mol. The topological polar surface area (TPSA) is 36.7 Å². The van der Waals surface area contributed by atoms with Crippen LogP contribution in [0.15, 0.2) is 0 Å². The van der Waals surface area contributed by atoms with Gasteiger partial charge in [0.2, 0.25) is 0 Å². The number of halogens is 1. The molecule has 2 unspecified atom stereocenters. The summed E-state index contributed by atoms with van der Waals surface area (Å²) in [5.41, 5.74) is 0. The van der Waals surface area contributed by atoms with Crippen LogP contribution >= 0.6 is 6.88 Å². The van der Waals surface area contributed by atoms with Crippen LogP contribution in [0.4, 0.5) is 0 Å². The maximum absolute atomic E-state index is 10.4. The van der Waals surface area contributed by atoms with Gasteiger partial charge >= 0.3 is 61.2 Å². The van der Waals surface area contributed by atoms with Gasteiger partial charge in [0.1, 0.15) is 0 Å². The zero-order valence-electron chi connectivity index (χ0n) is 4.85. The van der Waals surface area contributed by atoms with Crippen molar-refractivity contribution >= 4 is 6.88 Å². The van der Waals surface area contributed by atoms with E-state index >= 15 is 0 Å². The normalized spacial score (nSPS) is 15.1. The Morgan fingerprint density at radius 3 is 2.38 bits per heavy atom. The quantitative estimate of drug-likeness (QED) is 0.244. The predicted octanol–water partition coefficient (Wildman–Crippen LogP) is -3.50. The first-order valence-electron chi connectivity index (χ1n) is 2.21. The van der Waals surface area contributed by atoms with Gasteiger partial charge in [-0.2, -0.15) is 0 Å². The van der Waals surface area contributed by atoms with Crippen molar-refractivity contribution in [2.24, 2.45) is 0 Å². The molecule has 0 saturated heterocycles. The molecule has 0 spiro atoms. The van der Waals surface area contributed by atoms with Crippen molar-refractivity contribution in [1.82, 2.24) is 0 Å². The summed E-state index contributed by atoms with van der Waals surface area (Å²) < 4.78 is -0.0520. The Balaban J connectivity index is 3.10. The molecule has 0 rings (SSSR count). The first-order valence-corrected chi connectivity index (χ1v) is 7.46. The van der Waals surface area contributed by atoms with E-state index in [1.165, 1.54) is 0 Å². The third-order valence-corrected chi connectivity index (χ3v) is 2.38. The van der Waals surface area contributed by atoms with Crippen LogP contribution in [0.3, 0.4) is 0 Å². The van der Waals surface area contributed by atoms with E-state index in [1.807, 2.05) is 13.8 Å². The van der Waals surface area contributed by atoms with Crippen LogP contribution in [-0.4, -0.2) is 6.10 Å². The fourth-order valence-corrected chi connectivity index (χ4v) is 1.21. The van der Waals surface area contributed by atoms with Gasteiger partial charge in [0, 0.05) is 0 Å². The first-order chi connectivity index (χ1) is 3.66. The molecule has 0 aromatic carbocycles. The van der Waals surface area contributed by atoms with Crippen molar-refractivity contribution in [2.75, 3.05) is 0 Å². The molecule has 5 heteroatoms. The van der Waals surface area contributed by atoms with Crippen LogP contribution in [0, 0.1) is 5.21 Å². The molecule has 0 aliphatic rings. The summed E-state index contributed by atoms with van der Waals surface area (Å²) in [4.78, 5) is 4.79. The van der Waals surface area contributed by atoms with Crippen LogP contribution < -0.4 is 24.4 Å². The Bertz CT molecular complexity index is 63.2. The standard InChI is InChI=1S/C3H10INO2P/c1-3(2)7-5(6)4-8/h3,5H,8H2,1-2H3/q-1. The van der Waals surface area contributed by atoms with Gasteiger partial charge < -0.3 is 0 Å². The minimum absolute atomic E-state index is 0.0442. The van der Waals surface area contributed by atoms with Gasteiger partial charge in [-0.1, -0.05) is 0 Å². The zero-order chi connectivity index (χ0) is 6.57. The monoisotopic (exact) mass is 250 g/mol. The molecule has 0 bridgehead atoms. The molecule has 8 heavy (non-hydrogen) atoms. The van der Waals surface area contributed by atoms with Crippen molar-refractivity contribution in [3.05, 3.63) is 5.21 Å². The second kappa shape index (κ2) is 4.88. The Morgan fingerprint density at radius 1 is 1.75 bits per heavy atom. The van der Waals surface area contributed by atoms with Crippen molar-refractivity contribution in [3.63, 3.8) is 0 Å². The molecular formula is C3H10INO2P-. The van der Waals surface area contributed by atoms with Crippen molar-refractivity contribution in [3.8, 4) is 0 Å². The molecule has 0 aromatic heterocycles. The average Bonchev–Trinajstić information content (AvgIpc) is 1.65. The van der Waals surface area contributed by atoms with E-state index in [0.29, 0.717) is 0 Å². The van der Waals surface area contributed by atoms with E-state index in [4.69, 9.17) is 4.84 Å². The number of nitrogens with one attached hydrogen (secondary N) is 1. The van der Waals surface area contributed by atoms with E-state index in [-0.39, 0.29) is 9.54 Å². The average molecular weight is 250 g/mol. The molecule has 3 nitrogen and oxygen atoms in total. The van der Waals surface area contributed by atoms with E-state index < -0.39 is 20.9 Å². The van der Waals surface area contributed by atoms with E-state index in [2.05, 4.69) is 6.88 Å². The molecule has 0 fully saturated rings. The summed E-state index contributed by atoms with van der Waals surface area (Å²) in [6.07, 6.45) is 0.0442. The van der Waals surface area contributed by atoms with E-state index in [9.17, 15) is 5.21 Å². The fourth-order valence-electron chi connectivity index (χ4n) is 0.211. The molecule has 0 radical (unpaired) electrons. The second-order valence-corrected chi connectivity index (χ2v) is 4.48. The molecule has 0 aliphatic carbocycles. The second-order valence-electron chi connectivity index (χ2n) is 1.51. The molecule has 52 valence electrons. The van der Waals surface area contributed by atoms with E-state index in [1.54, 1.807) is 0 Å². The van der Waals surface area contributed by atoms with Gasteiger partial charge in [0.15, 0.2) is 0 Å². The van der Waals surface area contributed by atoms with Gasteiger partial charge in [-0.25, -0.2) is 0 Å². The van der Waals surface area contributed by atoms with Gasteiger partial charge in [0.05, 0.1) is 0 Å². The van der Waals surface area contributed by atoms with Crippen molar-refractivity contribution in [2.45, 2.75) is 20.0 Å². The molecule has 0 aliphatic heterocycles. The summed E-state index contributed by atoms with van der Waals surface area (Å²) >= 11 is -0.433. The molecule has 0 aromatic rings. The van der Waals surface area contributed by atoms with Crippen LogP contribution in [0.2, 0.25) is 0 Å². The van der Waals surface area contributed by atoms with Gasteiger partial charge in [-0.3, -0.25) is 0 Å². The Labute approximate surface area is 61.5 Å². The third kappa shape index (κ3) is 5.18. The maximum atomic E-state index is 10.4. The first kappa shape index (κ1) is 9.04. The Kier molecular flexibility index (Phi) is 5.51. The predicted molar refractivity (Wildman–Crippen MR) is 30.3 cm³/mol. The summed E-state index contributed by atoms with van der Waals surface area (Å²) in [6.45, 7) is 6.12. The molecule has 0 heterocycles. The number of quaternary nitrogens is 1.